The third-order valence-electron chi connectivity index (χ3n) is 4.25. The van der Waals surface area contributed by atoms with Crippen molar-refractivity contribution in [3.8, 4) is 5.75 Å². The summed E-state index contributed by atoms with van der Waals surface area (Å²) in [6, 6.07) is 10.9. The first-order valence-corrected chi connectivity index (χ1v) is 8.35. The number of amides is 1. The molecule has 7 heteroatoms. The number of esters is 1. The molecule has 0 bridgehead atoms. The summed E-state index contributed by atoms with van der Waals surface area (Å²) in [7, 11) is 0. The molecule has 0 spiro atoms. The average molecular weight is 351 g/mol. The second kappa shape index (κ2) is 6.87. The van der Waals surface area contributed by atoms with E-state index in [9.17, 15) is 9.59 Å². The van der Waals surface area contributed by atoms with E-state index in [0.717, 1.165) is 16.6 Å². The van der Waals surface area contributed by atoms with E-state index in [0.29, 0.717) is 29.7 Å². The molecule has 1 amide bonds. The zero-order valence-corrected chi connectivity index (χ0v) is 14.0. The Morgan fingerprint density at radius 3 is 3.00 bits per heavy atom. The van der Waals surface area contributed by atoms with Crippen molar-refractivity contribution in [1.82, 2.24) is 10.2 Å². The van der Waals surface area contributed by atoms with Crippen LogP contribution in [-0.2, 0) is 16.0 Å². The first kappa shape index (κ1) is 16.1. The summed E-state index contributed by atoms with van der Waals surface area (Å²) in [6.07, 6.45) is 2.84. The van der Waals surface area contributed by atoms with Crippen molar-refractivity contribution in [2.24, 2.45) is 0 Å². The zero-order chi connectivity index (χ0) is 17.9. The normalized spacial score (nSPS) is 13.2. The van der Waals surface area contributed by atoms with Gasteiger partial charge < -0.3 is 14.8 Å². The number of ether oxygens (including phenoxy) is 2. The number of aryl methyl sites for hydroxylation is 1. The number of benzene rings is 2. The van der Waals surface area contributed by atoms with Crippen LogP contribution in [-0.4, -0.2) is 35.3 Å². The number of rotatable bonds is 5. The van der Waals surface area contributed by atoms with Gasteiger partial charge in [-0.2, -0.15) is 5.10 Å². The fraction of sp³-hybridized carbons (Fsp3) is 0.211. The van der Waals surface area contributed by atoms with Crippen LogP contribution in [0.15, 0.2) is 42.6 Å². The van der Waals surface area contributed by atoms with Gasteiger partial charge in [0.05, 0.1) is 17.3 Å². The topological polar surface area (TPSA) is 93.3 Å². The van der Waals surface area contributed by atoms with E-state index < -0.39 is 5.97 Å². The lowest BCUT2D eigenvalue weighted by Gasteiger charge is -2.17. The first-order valence-electron chi connectivity index (χ1n) is 8.35. The Morgan fingerprint density at radius 1 is 1.15 bits per heavy atom. The van der Waals surface area contributed by atoms with Crippen molar-refractivity contribution >= 4 is 28.5 Å². The van der Waals surface area contributed by atoms with Crippen LogP contribution in [0.3, 0.4) is 0 Å². The zero-order valence-electron chi connectivity index (χ0n) is 14.0. The third kappa shape index (κ3) is 3.23. The lowest BCUT2D eigenvalue weighted by atomic mass is 10.0. The molecule has 2 N–H and O–H groups in total. The molecule has 2 aromatic carbocycles. The van der Waals surface area contributed by atoms with Gasteiger partial charge in [0.25, 0.3) is 0 Å². The highest BCUT2D eigenvalue weighted by molar-refractivity contribution is 6.02. The Hall–Kier alpha value is -3.35. The van der Waals surface area contributed by atoms with Gasteiger partial charge in [-0.05, 0) is 36.2 Å². The Morgan fingerprint density at radius 2 is 2.08 bits per heavy atom. The lowest BCUT2D eigenvalue weighted by Crippen LogP contribution is -2.19. The summed E-state index contributed by atoms with van der Waals surface area (Å²) in [5.74, 6) is 0.300. The maximum atomic E-state index is 12.2. The predicted molar refractivity (Wildman–Crippen MR) is 95.3 cm³/mol. The molecule has 26 heavy (non-hydrogen) atoms. The molecule has 0 aliphatic carbocycles. The first-order chi connectivity index (χ1) is 12.7. The van der Waals surface area contributed by atoms with Gasteiger partial charge in [-0.25, -0.2) is 4.79 Å². The molecule has 7 nitrogen and oxygen atoms in total. The Kier molecular flexibility index (Phi) is 4.27. The summed E-state index contributed by atoms with van der Waals surface area (Å²) in [4.78, 5) is 23.6. The molecule has 0 unspecified atom stereocenters. The monoisotopic (exact) mass is 351 g/mol. The van der Waals surface area contributed by atoms with Crippen molar-refractivity contribution in [2.75, 3.05) is 18.5 Å². The highest BCUT2D eigenvalue weighted by Gasteiger charge is 2.15. The molecule has 3 aromatic rings. The number of carbonyl (C=O) groups excluding carboxylic acids is 2. The number of anilines is 1. The van der Waals surface area contributed by atoms with Crippen LogP contribution in [0.5, 0.6) is 5.75 Å². The maximum absolute atomic E-state index is 12.2. The van der Waals surface area contributed by atoms with Crippen molar-refractivity contribution in [1.29, 1.82) is 0 Å². The molecule has 0 saturated carbocycles. The fourth-order valence-electron chi connectivity index (χ4n) is 2.96. The van der Waals surface area contributed by atoms with Gasteiger partial charge in [-0.3, -0.25) is 9.89 Å². The van der Waals surface area contributed by atoms with E-state index in [1.807, 2.05) is 18.2 Å². The number of hydrogen-bond acceptors (Lipinski definition) is 5. The van der Waals surface area contributed by atoms with Gasteiger partial charge >= 0.3 is 5.97 Å². The molecule has 2 heterocycles. The Labute approximate surface area is 149 Å². The minimum Gasteiger partial charge on any atom is -0.490 e. The number of para-hydroxylation sites is 1. The minimum atomic E-state index is -0.420. The number of H-pyrrole nitrogens is 1. The largest absolute Gasteiger partial charge is 0.490 e. The van der Waals surface area contributed by atoms with Crippen LogP contribution < -0.4 is 10.1 Å². The van der Waals surface area contributed by atoms with E-state index in [2.05, 4.69) is 15.5 Å². The summed E-state index contributed by atoms with van der Waals surface area (Å²) in [5, 5.41) is 10.4. The number of fused-ring (bicyclic) bond motifs is 2. The molecule has 1 aliphatic rings. The second-order valence-electron chi connectivity index (χ2n) is 5.99. The second-order valence-corrected chi connectivity index (χ2v) is 5.99. The van der Waals surface area contributed by atoms with Crippen molar-refractivity contribution in [3.05, 3.63) is 53.7 Å². The number of nitrogens with zero attached hydrogens (tertiary/aromatic N) is 1. The number of carbonyl (C=O) groups is 2. The molecule has 0 radical (unpaired) electrons. The number of nitrogens with one attached hydrogen (secondary N) is 2. The SMILES string of the molecule is O=C1CCc2cc(OCCOC(=O)c3cccc4cn[nH]c34)ccc2N1. The van der Waals surface area contributed by atoms with Crippen LogP contribution in [0.2, 0.25) is 0 Å². The predicted octanol–water partition coefficient (Wildman–Crippen LogP) is 2.68. The molecule has 1 aromatic heterocycles. The highest BCUT2D eigenvalue weighted by Crippen LogP contribution is 2.26. The summed E-state index contributed by atoms with van der Waals surface area (Å²) < 4.78 is 10.9. The molecule has 0 atom stereocenters. The standard InChI is InChI=1S/C19H17N3O4/c23-17-7-4-12-10-14(5-6-16(12)21-17)25-8-9-26-19(24)15-3-1-2-13-11-20-22-18(13)15/h1-3,5-6,10-11H,4,7-9H2,(H,20,22)(H,21,23). The van der Waals surface area contributed by atoms with Gasteiger partial charge in [0.1, 0.15) is 19.0 Å². The number of aromatic nitrogens is 2. The summed E-state index contributed by atoms with van der Waals surface area (Å²) >= 11 is 0. The number of hydrogen-bond donors (Lipinski definition) is 2. The molecular formula is C19H17N3O4. The highest BCUT2D eigenvalue weighted by atomic mass is 16.6. The van der Waals surface area contributed by atoms with Crippen LogP contribution in [0.1, 0.15) is 22.3 Å². The van der Waals surface area contributed by atoms with Gasteiger partial charge in [0.2, 0.25) is 5.91 Å². The van der Waals surface area contributed by atoms with Crippen molar-refractivity contribution in [3.63, 3.8) is 0 Å². The maximum Gasteiger partial charge on any atom is 0.340 e. The van der Waals surface area contributed by atoms with Gasteiger partial charge in [-0.15, -0.1) is 0 Å². The van der Waals surface area contributed by atoms with Gasteiger partial charge in [-0.1, -0.05) is 12.1 Å². The smallest absolute Gasteiger partial charge is 0.340 e. The van der Waals surface area contributed by atoms with E-state index in [1.165, 1.54) is 0 Å². The molecule has 132 valence electrons. The van der Waals surface area contributed by atoms with Crippen LogP contribution in [0.25, 0.3) is 10.9 Å². The fourth-order valence-corrected chi connectivity index (χ4v) is 2.96. The van der Waals surface area contributed by atoms with Gasteiger partial charge in [0, 0.05) is 17.5 Å². The van der Waals surface area contributed by atoms with E-state index in [4.69, 9.17) is 9.47 Å². The average Bonchev–Trinajstić information content (AvgIpc) is 3.14. The Balaban J connectivity index is 1.32. The summed E-state index contributed by atoms with van der Waals surface area (Å²) in [5.41, 5.74) is 2.98. The molecule has 0 fully saturated rings. The summed E-state index contributed by atoms with van der Waals surface area (Å²) in [6.45, 7) is 0.382. The van der Waals surface area contributed by atoms with E-state index in [1.54, 1.807) is 24.4 Å². The van der Waals surface area contributed by atoms with Crippen LogP contribution in [0, 0.1) is 0 Å². The van der Waals surface area contributed by atoms with E-state index >= 15 is 0 Å². The molecular weight excluding hydrogens is 334 g/mol. The van der Waals surface area contributed by atoms with Gasteiger partial charge in [0.15, 0.2) is 0 Å². The van der Waals surface area contributed by atoms with E-state index in [-0.39, 0.29) is 19.1 Å². The molecule has 1 aliphatic heterocycles. The third-order valence-corrected chi connectivity index (χ3v) is 4.25. The lowest BCUT2D eigenvalue weighted by molar-refractivity contribution is -0.116. The van der Waals surface area contributed by atoms with Crippen molar-refractivity contribution < 1.29 is 19.1 Å². The van der Waals surface area contributed by atoms with Crippen LogP contribution >= 0.6 is 0 Å². The molecule has 4 rings (SSSR count). The molecule has 0 saturated heterocycles. The Bertz CT molecular complexity index is 980. The quantitative estimate of drug-likeness (QED) is 0.544. The minimum absolute atomic E-state index is 0.0327. The van der Waals surface area contributed by atoms with Crippen LogP contribution in [0.4, 0.5) is 5.69 Å². The van der Waals surface area contributed by atoms with Crippen molar-refractivity contribution in [2.45, 2.75) is 12.8 Å². The number of aromatic amines is 1.